The monoisotopic (exact) mass is 385 g/mol. The Labute approximate surface area is 162 Å². The van der Waals surface area contributed by atoms with Gasteiger partial charge in [0, 0.05) is 5.02 Å². The summed E-state index contributed by atoms with van der Waals surface area (Å²) in [4.78, 5) is 38.5. The van der Waals surface area contributed by atoms with Crippen LogP contribution in [0.1, 0.15) is 18.1 Å². The summed E-state index contributed by atoms with van der Waals surface area (Å²) in [6.45, 7) is 1.50. The Hall–Kier alpha value is -2.66. The average Bonchev–Trinajstić information content (AvgIpc) is 3.01. The molecule has 1 saturated heterocycles. The van der Waals surface area contributed by atoms with Gasteiger partial charge >= 0.3 is 6.09 Å². The summed E-state index contributed by atoms with van der Waals surface area (Å²) in [5.74, 6) is -1.73. The summed E-state index contributed by atoms with van der Waals surface area (Å²) in [7, 11) is 0. The zero-order valence-corrected chi connectivity index (χ0v) is 15.7. The molecule has 2 atom stereocenters. The van der Waals surface area contributed by atoms with Gasteiger partial charge in [0.2, 0.25) is 5.91 Å². The molecule has 0 unspecified atom stereocenters. The Morgan fingerprint density at radius 1 is 1.11 bits per heavy atom. The summed E-state index contributed by atoms with van der Waals surface area (Å²) in [5, 5.41) is 0.579. The number of ketones is 1. The molecule has 5 nitrogen and oxygen atoms in total. The van der Waals surface area contributed by atoms with Crippen LogP contribution in [0.15, 0.2) is 54.6 Å². The second-order valence-electron chi connectivity index (χ2n) is 6.62. The summed E-state index contributed by atoms with van der Waals surface area (Å²) in [6, 6.07) is 16.1. The Balaban J connectivity index is 1.79. The molecule has 1 fully saturated rings. The van der Waals surface area contributed by atoms with Crippen LogP contribution in [0.4, 0.5) is 4.79 Å². The lowest BCUT2D eigenvalue weighted by Gasteiger charge is -2.24. The van der Waals surface area contributed by atoms with E-state index in [-0.39, 0.29) is 18.8 Å². The predicted octanol–water partition coefficient (Wildman–Crippen LogP) is 3.68. The first-order valence-corrected chi connectivity index (χ1v) is 9.12. The standard InChI is InChI=1S/C21H20ClNO4/c1-14(24)19(12-16-7-9-17(22)10-8-16)20(25)23-18(13-27-21(23)26)11-15-5-3-2-4-6-15/h2-10,18-19H,11-13H2,1H3/t18-,19-/m0/s1. The van der Waals surface area contributed by atoms with Crippen LogP contribution in [0.2, 0.25) is 5.02 Å². The molecule has 0 radical (unpaired) electrons. The van der Waals surface area contributed by atoms with Crippen LogP contribution in [0.5, 0.6) is 0 Å². The summed E-state index contributed by atoms with van der Waals surface area (Å²) in [6.07, 6.45) is 0.0140. The molecule has 2 aromatic rings. The molecular formula is C21H20ClNO4. The van der Waals surface area contributed by atoms with Crippen molar-refractivity contribution >= 4 is 29.4 Å². The largest absolute Gasteiger partial charge is 0.447 e. The minimum atomic E-state index is -0.935. The fraction of sp³-hybridized carbons (Fsp3) is 0.286. The number of hydrogen-bond donors (Lipinski definition) is 0. The first kappa shape index (κ1) is 19.1. The van der Waals surface area contributed by atoms with E-state index in [2.05, 4.69) is 0 Å². The number of hydrogen-bond acceptors (Lipinski definition) is 4. The molecule has 0 aromatic heterocycles. The van der Waals surface area contributed by atoms with Gasteiger partial charge in [0.1, 0.15) is 18.3 Å². The molecule has 2 aromatic carbocycles. The van der Waals surface area contributed by atoms with Gasteiger partial charge in [-0.25, -0.2) is 9.69 Å². The number of Topliss-reactive ketones (excluding diaryl/α,β-unsaturated/α-hetero) is 1. The lowest BCUT2D eigenvalue weighted by molar-refractivity contribution is -0.138. The van der Waals surface area contributed by atoms with Crippen molar-refractivity contribution in [3.8, 4) is 0 Å². The normalized spacial score (nSPS) is 17.5. The van der Waals surface area contributed by atoms with Crippen molar-refractivity contribution in [2.75, 3.05) is 6.61 Å². The fourth-order valence-electron chi connectivity index (χ4n) is 3.20. The fourth-order valence-corrected chi connectivity index (χ4v) is 3.32. The number of amides is 2. The van der Waals surface area contributed by atoms with E-state index in [1.165, 1.54) is 6.92 Å². The predicted molar refractivity (Wildman–Crippen MR) is 101 cm³/mol. The van der Waals surface area contributed by atoms with E-state index in [4.69, 9.17) is 16.3 Å². The van der Waals surface area contributed by atoms with Gasteiger partial charge in [-0.1, -0.05) is 54.1 Å². The molecule has 140 valence electrons. The van der Waals surface area contributed by atoms with Crippen LogP contribution in [0.3, 0.4) is 0 Å². The van der Waals surface area contributed by atoms with E-state index in [9.17, 15) is 14.4 Å². The van der Waals surface area contributed by atoms with Crippen molar-refractivity contribution in [2.24, 2.45) is 5.92 Å². The molecular weight excluding hydrogens is 366 g/mol. The first-order chi connectivity index (χ1) is 13.0. The second kappa shape index (κ2) is 8.35. The Morgan fingerprint density at radius 3 is 2.41 bits per heavy atom. The number of cyclic esters (lactones) is 1. The third kappa shape index (κ3) is 4.55. The van der Waals surface area contributed by atoms with Crippen molar-refractivity contribution in [1.82, 2.24) is 4.90 Å². The van der Waals surface area contributed by atoms with Gasteiger partial charge in [-0.3, -0.25) is 9.59 Å². The van der Waals surface area contributed by atoms with E-state index in [0.29, 0.717) is 11.4 Å². The maximum atomic E-state index is 13.0. The highest BCUT2D eigenvalue weighted by atomic mass is 35.5. The molecule has 2 amide bonds. The highest BCUT2D eigenvalue weighted by Crippen LogP contribution is 2.23. The Kier molecular flexibility index (Phi) is 5.91. The van der Waals surface area contributed by atoms with Crippen molar-refractivity contribution in [2.45, 2.75) is 25.8 Å². The maximum absolute atomic E-state index is 13.0. The number of carbonyl (C=O) groups is 3. The van der Waals surface area contributed by atoms with Crippen LogP contribution in [-0.4, -0.2) is 35.3 Å². The molecule has 27 heavy (non-hydrogen) atoms. The molecule has 0 N–H and O–H groups in total. The summed E-state index contributed by atoms with van der Waals surface area (Å²) >= 11 is 5.89. The zero-order valence-electron chi connectivity index (χ0n) is 14.9. The van der Waals surface area contributed by atoms with Crippen LogP contribution in [-0.2, 0) is 27.2 Å². The molecule has 1 aliphatic rings. The van der Waals surface area contributed by atoms with E-state index in [1.807, 2.05) is 30.3 Å². The van der Waals surface area contributed by atoms with Crippen molar-refractivity contribution in [1.29, 1.82) is 0 Å². The number of carbonyl (C=O) groups excluding carboxylic acids is 3. The van der Waals surface area contributed by atoms with E-state index >= 15 is 0 Å². The molecule has 0 saturated carbocycles. The van der Waals surface area contributed by atoms with Gasteiger partial charge in [-0.15, -0.1) is 0 Å². The number of nitrogens with zero attached hydrogens (tertiary/aromatic N) is 1. The Morgan fingerprint density at radius 2 is 1.78 bits per heavy atom. The van der Waals surface area contributed by atoms with Crippen molar-refractivity contribution in [3.05, 3.63) is 70.7 Å². The molecule has 3 rings (SSSR count). The van der Waals surface area contributed by atoms with Gasteiger partial charge in [0.15, 0.2) is 0 Å². The van der Waals surface area contributed by atoms with E-state index < -0.39 is 24.0 Å². The van der Waals surface area contributed by atoms with Crippen molar-refractivity contribution in [3.63, 3.8) is 0 Å². The smallest absolute Gasteiger partial charge is 0.417 e. The molecule has 0 aliphatic carbocycles. The number of imide groups is 1. The lowest BCUT2D eigenvalue weighted by atomic mass is 9.93. The number of rotatable bonds is 6. The van der Waals surface area contributed by atoms with Gasteiger partial charge in [-0.2, -0.15) is 0 Å². The van der Waals surface area contributed by atoms with Gasteiger partial charge in [0.25, 0.3) is 0 Å². The molecule has 0 spiro atoms. The zero-order chi connectivity index (χ0) is 19.4. The quantitative estimate of drug-likeness (QED) is 0.711. The number of ether oxygens (including phenoxy) is 1. The summed E-state index contributed by atoms with van der Waals surface area (Å²) < 4.78 is 5.10. The maximum Gasteiger partial charge on any atom is 0.417 e. The second-order valence-corrected chi connectivity index (χ2v) is 7.06. The highest BCUT2D eigenvalue weighted by Gasteiger charge is 2.42. The van der Waals surface area contributed by atoms with Gasteiger partial charge < -0.3 is 4.74 Å². The first-order valence-electron chi connectivity index (χ1n) is 8.74. The van der Waals surface area contributed by atoms with E-state index in [1.54, 1.807) is 24.3 Å². The third-order valence-corrected chi connectivity index (χ3v) is 4.91. The Bertz CT molecular complexity index is 835. The number of halogens is 1. The minimum absolute atomic E-state index is 0.130. The SMILES string of the molecule is CC(=O)[C@H](Cc1ccc(Cl)cc1)C(=O)N1C(=O)OC[C@@H]1Cc1ccccc1. The van der Waals surface area contributed by atoms with Crippen LogP contribution < -0.4 is 0 Å². The molecule has 1 aliphatic heterocycles. The van der Waals surface area contributed by atoms with Crippen molar-refractivity contribution < 1.29 is 19.1 Å². The molecule has 0 bridgehead atoms. The van der Waals surface area contributed by atoms with Gasteiger partial charge in [-0.05, 0) is 43.0 Å². The van der Waals surface area contributed by atoms with Gasteiger partial charge in [0.05, 0.1) is 6.04 Å². The highest BCUT2D eigenvalue weighted by molar-refractivity contribution is 6.30. The number of benzene rings is 2. The molecule has 1 heterocycles. The average molecular weight is 386 g/mol. The summed E-state index contributed by atoms with van der Waals surface area (Å²) in [5.41, 5.74) is 1.80. The lowest BCUT2D eigenvalue weighted by Crippen LogP contribution is -2.45. The molecule has 6 heteroatoms. The van der Waals surface area contributed by atoms with Crippen LogP contribution in [0, 0.1) is 5.92 Å². The van der Waals surface area contributed by atoms with Crippen LogP contribution >= 0.6 is 11.6 Å². The minimum Gasteiger partial charge on any atom is -0.447 e. The van der Waals surface area contributed by atoms with E-state index in [0.717, 1.165) is 16.0 Å². The topological polar surface area (TPSA) is 63.7 Å². The third-order valence-electron chi connectivity index (χ3n) is 4.65. The van der Waals surface area contributed by atoms with Crippen LogP contribution in [0.25, 0.3) is 0 Å².